The minimum atomic E-state index is -1.50. The Kier molecular flexibility index (Phi) is 3.90. The predicted molar refractivity (Wildman–Crippen MR) is 72.6 cm³/mol. The molecule has 1 N–H and O–H groups in total. The molecule has 1 aliphatic heterocycles. The first kappa shape index (κ1) is 14.3. The van der Waals surface area contributed by atoms with Crippen LogP contribution in [0.4, 0.5) is 0 Å². The van der Waals surface area contributed by atoms with E-state index in [0.717, 1.165) is 5.56 Å². The Morgan fingerprint density at radius 3 is 2.60 bits per heavy atom. The Hall–Kier alpha value is -2.14. The minimum Gasteiger partial charge on any atom is -0.469 e. The van der Waals surface area contributed by atoms with E-state index in [0.29, 0.717) is 5.56 Å². The van der Waals surface area contributed by atoms with Gasteiger partial charge in [0.15, 0.2) is 5.72 Å². The number of benzene rings is 1. The van der Waals surface area contributed by atoms with Crippen molar-refractivity contribution in [3.05, 3.63) is 47.5 Å². The van der Waals surface area contributed by atoms with Gasteiger partial charge in [-0.05, 0) is 13.0 Å². The fourth-order valence-corrected chi connectivity index (χ4v) is 2.17. The Morgan fingerprint density at radius 2 is 2.00 bits per heavy atom. The highest BCUT2D eigenvalue weighted by atomic mass is 16.5. The average molecular weight is 275 g/mol. The number of ether oxygens (including phenoxy) is 1. The zero-order chi connectivity index (χ0) is 14.8. The van der Waals surface area contributed by atoms with Crippen LogP contribution in [0.25, 0.3) is 0 Å². The summed E-state index contributed by atoms with van der Waals surface area (Å²) in [4.78, 5) is 24.3. The van der Waals surface area contributed by atoms with Crippen molar-refractivity contribution in [1.29, 1.82) is 0 Å². The lowest BCUT2D eigenvalue weighted by Gasteiger charge is -2.33. The number of amides is 1. The van der Waals surface area contributed by atoms with Crippen molar-refractivity contribution in [2.24, 2.45) is 0 Å². The molecule has 0 fully saturated rings. The van der Waals surface area contributed by atoms with Crippen LogP contribution in [0.5, 0.6) is 0 Å². The highest BCUT2D eigenvalue weighted by Crippen LogP contribution is 2.32. The maximum Gasteiger partial charge on any atom is 0.307 e. The van der Waals surface area contributed by atoms with Crippen LogP contribution in [0.1, 0.15) is 17.5 Å². The van der Waals surface area contributed by atoms with Gasteiger partial charge < -0.3 is 14.7 Å². The molecule has 1 aromatic rings. The maximum absolute atomic E-state index is 11.9. The molecule has 0 saturated heterocycles. The van der Waals surface area contributed by atoms with Gasteiger partial charge in [-0.25, -0.2) is 0 Å². The molecule has 0 bridgehead atoms. The van der Waals surface area contributed by atoms with E-state index >= 15 is 0 Å². The van der Waals surface area contributed by atoms with E-state index in [9.17, 15) is 14.7 Å². The second-order valence-corrected chi connectivity index (χ2v) is 4.74. The van der Waals surface area contributed by atoms with Crippen molar-refractivity contribution < 1.29 is 19.4 Å². The Bertz CT molecular complexity index is 549. The summed E-state index contributed by atoms with van der Waals surface area (Å²) in [5, 5.41) is 10.7. The van der Waals surface area contributed by atoms with E-state index in [-0.39, 0.29) is 18.9 Å². The van der Waals surface area contributed by atoms with Gasteiger partial charge in [0.2, 0.25) is 5.91 Å². The third kappa shape index (κ3) is 2.58. The van der Waals surface area contributed by atoms with Gasteiger partial charge in [-0.2, -0.15) is 0 Å². The highest BCUT2D eigenvalue weighted by Gasteiger charge is 2.40. The summed E-state index contributed by atoms with van der Waals surface area (Å²) in [6, 6.07) is 7.26. The Labute approximate surface area is 117 Å². The molecule has 0 spiro atoms. The van der Waals surface area contributed by atoms with Crippen LogP contribution in [-0.4, -0.2) is 35.5 Å². The summed E-state index contributed by atoms with van der Waals surface area (Å²) < 4.78 is 4.56. The second kappa shape index (κ2) is 5.46. The van der Waals surface area contributed by atoms with Crippen LogP contribution >= 0.6 is 0 Å². The quantitative estimate of drug-likeness (QED) is 0.836. The van der Waals surface area contributed by atoms with Crippen molar-refractivity contribution in [3.63, 3.8) is 0 Å². The van der Waals surface area contributed by atoms with Crippen LogP contribution in [-0.2, 0) is 20.1 Å². The number of esters is 1. The second-order valence-electron chi connectivity index (χ2n) is 4.74. The van der Waals surface area contributed by atoms with Crippen LogP contribution in [0.2, 0.25) is 0 Å². The molecule has 2 rings (SSSR count). The van der Waals surface area contributed by atoms with Gasteiger partial charge in [0.1, 0.15) is 0 Å². The van der Waals surface area contributed by atoms with Gasteiger partial charge >= 0.3 is 5.97 Å². The first-order valence-corrected chi connectivity index (χ1v) is 6.34. The molecule has 106 valence electrons. The normalized spacial score (nSPS) is 21.4. The third-order valence-electron chi connectivity index (χ3n) is 3.38. The molecule has 0 radical (unpaired) electrons. The number of nitrogens with zero attached hydrogens (tertiary/aromatic N) is 1. The summed E-state index contributed by atoms with van der Waals surface area (Å²) in [7, 11) is 1.29. The van der Waals surface area contributed by atoms with Crippen molar-refractivity contribution in [2.75, 3.05) is 13.7 Å². The van der Waals surface area contributed by atoms with Gasteiger partial charge in [0.05, 0.1) is 13.5 Å². The van der Waals surface area contributed by atoms with E-state index in [1.54, 1.807) is 12.1 Å². The van der Waals surface area contributed by atoms with Gasteiger partial charge in [-0.1, -0.05) is 29.8 Å². The zero-order valence-electron chi connectivity index (χ0n) is 11.5. The van der Waals surface area contributed by atoms with Gasteiger partial charge in [0, 0.05) is 18.2 Å². The molecule has 20 heavy (non-hydrogen) atoms. The molecule has 1 atom stereocenters. The fraction of sp³-hybridized carbons (Fsp3) is 0.333. The van der Waals surface area contributed by atoms with E-state index in [1.807, 2.05) is 19.1 Å². The van der Waals surface area contributed by atoms with Crippen molar-refractivity contribution >= 4 is 11.9 Å². The molecule has 1 unspecified atom stereocenters. The van der Waals surface area contributed by atoms with E-state index in [4.69, 9.17) is 0 Å². The number of carbonyl (C=O) groups excluding carboxylic acids is 2. The predicted octanol–water partition coefficient (Wildman–Crippen LogP) is 1.10. The standard InChI is InChI=1S/C15H17NO4/c1-11-3-5-12(6-4-11)15(19)9-7-13(17)16(15)10-8-14(18)20-2/h3-7,9,19H,8,10H2,1-2H3. The molecule has 0 aliphatic carbocycles. The third-order valence-corrected chi connectivity index (χ3v) is 3.38. The molecule has 1 amide bonds. The van der Waals surface area contributed by atoms with Gasteiger partial charge in [0.25, 0.3) is 0 Å². The van der Waals surface area contributed by atoms with Crippen molar-refractivity contribution in [3.8, 4) is 0 Å². The summed E-state index contributed by atoms with van der Waals surface area (Å²) in [5.41, 5.74) is 0.153. The summed E-state index contributed by atoms with van der Waals surface area (Å²) in [5.74, 6) is -0.743. The lowest BCUT2D eigenvalue weighted by atomic mass is 10.0. The summed E-state index contributed by atoms with van der Waals surface area (Å²) in [6.07, 6.45) is 2.80. The lowest BCUT2D eigenvalue weighted by Crippen LogP contribution is -2.44. The maximum atomic E-state index is 11.9. The molecule has 1 aliphatic rings. The molecule has 0 aromatic heterocycles. The topological polar surface area (TPSA) is 66.8 Å². The molecule has 1 aromatic carbocycles. The minimum absolute atomic E-state index is 0.0398. The first-order valence-electron chi connectivity index (χ1n) is 6.34. The van der Waals surface area contributed by atoms with E-state index in [2.05, 4.69) is 4.74 Å². The van der Waals surface area contributed by atoms with Crippen LogP contribution in [0.15, 0.2) is 36.4 Å². The summed E-state index contributed by atoms with van der Waals surface area (Å²) >= 11 is 0. The number of hydrogen-bond acceptors (Lipinski definition) is 4. The molecule has 5 nitrogen and oxygen atoms in total. The largest absolute Gasteiger partial charge is 0.469 e. The summed E-state index contributed by atoms with van der Waals surface area (Å²) in [6.45, 7) is 2.04. The fourth-order valence-electron chi connectivity index (χ4n) is 2.17. The van der Waals surface area contributed by atoms with Gasteiger partial charge in [-0.15, -0.1) is 0 Å². The lowest BCUT2D eigenvalue weighted by molar-refractivity contribution is -0.147. The number of methoxy groups -OCH3 is 1. The first-order chi connectivity index (χ1) is 9.47. The molecule has 0 saturated carbocycles. The smallest absolute Gasteiger partial charge is 0.307 e. The highest BCUT2D eigenvalue weighted by molar-refractivity contribution is 5.91. The SMILES string of the molecule is COC(=O)CCN1C(=O)C=CC1(O)c1ccc(C)cc1. The van der Waals surface area contributed by atoms with Gasteiger partial charge in [-0.3, -0.25) is 9.59 Å². The molecular formula is C15H17NO4. The number of rotatable bonds is 4. The Morgan fingerprint density at radius 1 is 1.35 bits per heavy atom. The number of hydrogen-bond donors (Lipinski definition) is 1. The monoisotopic (exact) mass is 275 g/mol. The molecular weight excluding hydrogens is 258 g/mol. The van der Waals surface area contributed by atoms with Crippen LogP contribution in [0.3, 0.4) is 0 Å². The molecule has 5 heteroatoms. The van der Waals surface area contributed by atoms with Crippen molar-refractivity contribution in [1.82, 2.24) is 4.90 Å². The van der Waals surface area contributed by atoms with E-state index < -0.39 is 11.7 Å². The van der Waals surface area contributed by atoms with Crippen LogP contribution in [0, 0.1) is 6.92 Å². The number of aliphatic hydroxyl groups is 1. The molecule has 1 heterocycles. The number of carbonyl (C=O) groups is 2. The van der Waals surface area contributed by atoms with Crippen LogP contribution < -0.4 is 0 Å². The van der Waals surface area contributed by atoms with Crippen molar-refractivity contribution in [2.45, 2.75) is 19.1 Å². The zero-order valence-corrected chi connectivity index (χ0v) is 11.5. The number of aryl methyl sites for hydroxylation is 1. The van der Waals surface area contributed by atoms with E-state index in [1.165, 1.54) is 24.2 Å². The Balaban J connectivity index is 2.23. The average Bonchev–Trinajstić information content (AvgIpc) is 2.73.